The first-order valence-electron chi connectivity index (χ1n) is 5.59. The van der Waals surface area contributed by atoms with Gasteiger partial charge in [-0.05, 0) is 5.92 Å². The third kappa shape index (κ3) is 3.15. The first kappa shape index (κ1) is 15.3. The van der Waals surface area contributed by atoms with Crippen molar-refractivity contribution < 1.29 is 39.5 Å². The lowest BCUT2D eigenvalue weighted by atomic mass is 10.1. The van der Waals surface area contributed by atoms with Crippen LogP contribution in [0.5, 0.6) is 0 Å². The largest absolute Gasteiger partial charge is 0.505 e. The molecule has 108 valence electrons. The molecule has 1 heterocycles. The Labute approximate surface area is 108 Å². The molecule has 0 amide bonds. The summed E-state index contributed by atoms with van der Waals surface area (Å²) < 4.78 is 9.08. The van der Waals surface area contributed by atoms with Crippen molar-refractivity contribution in [3.8, 4) is 0 Å². The highest BCUT2D eigenvalue weighted by molar-refractivity contribution is 5.89. The van der Waals surface area contributed by atoms with Crippen molar-refractivity contribution in [2.24, 2.45) is 5.92 Å². The van der Waals surface area contributed by atoms with Crippen LogP contribution in [0.2, 0.25) is 0 Å². The van der Waals surface area contributed by atoms with Gasteiger partial charge in [-0.1, -0.05) is 13.8 Å². The van der Waals surface area contributed by atoms with Gasteiger partial charge in [-0.3, -0.25) is 4.79 Å². The first-order valence-corrected chi connectivity index (χ1v) is 5.59. The van der Waals surface area contributed by atoms with Crippen LogP contribution in [0.1, 0.15) is 20.3 Å². The van der Waals surface area contributed by atoms with Crippen molar-refractivity contribution >= 4 is 11.9 Å². The topological polar surface area (TPSA) is 134 Å². The normalized spacial score (nSPS) is 22.4. The molecular formula is C11H16O8. The van der Waals surface area contributed by atoms with Gasteiger partial charge in [-0.25, -0.2) is 4.79 Å². The lowest BCUT2D eigenvalue weighted by Gasteiger charge is -2.30. The quantitative estimate of drug-likeness (QED) is 0.390. The fourth-order valence-corrected chi connectivity index (χ4v) is 1.49. The summed E-state index contributed by atoms with van der Waals surface area (Å²) in [7, 11) is 0. The predicted octanol–water partition coefficient (Wildman–Crippen LogP) is -0.490. The van der Waals surface area contributed by atoms with Crippen molar-refractivity contribution in [3.05, 3.63) is 11.5 Å². The van der Waals surface area contributed by atoms with Crippen LogP contribution in [-0.2, 0) is 19.1 Å². The zero-order valence-corrected chi connectivity index (χ0v) is 10.5. The van der Waals surface area contributed by atoms with Crippen LogP contribution in [0.4, 0.5) is 0 Å². The minimum Gasteiger partial charge on any atom is -0.505 e. The molecule has 0 aliphatic carbocycles. The Kier molecular flexibility index (Phi) is 4.38. The van der Waals surface area contributed by atoms with Gasteiger partial charge in [0, 0.05) is 6.42 Å². The molecular weight excluding hydrogens is 260 g/mol. The van der Waals surface area contributed by atoms with Crippen LogP contribution in [0, 0.1) is 5.92 Å². The van der Waals surface area contributed by atoms with E-state index in [1.807, 2.05) is 0 Å². The van der Waals surface area contributed by atoms with Crippen molar-refractivity contribution in [2.75, 3.05) is 6.61 Å². The highest BCUT2D eigenvalue weighted by atomic mass is 16.7. The summed E-state index contributed by atoms with van der Waals surface area (Å²) in [6.07, 6.45) is -1.90. The summed E-state index contributed by atoms with van der Waals surface area (Å²) in [5.74, 6) is -6.93. The molecule has 0 saturated carbocycles. The zero-order chi connectivity index (χ0) is 14.8. The van der Waals surface area contributed by atoms with Crippen LogP contribution < -0.4 is 0 Å². The average Bonchev–Trinajstić information content (AvgIpc) is 2.56. The molecule has 8 nitrogen and oxygen atoms in total. The van der Waals surface area contributed by atoms with E-state index in [4.69, 9.17) is 10.2 Å². The molecule has 0 aromatic heterocycles. The summed E-state index contributed by atoms with van der Waals surface area (Å²) in [5.41, 5.74) is 0. The number of hydrogen-bond acceptors (Lipinski definition) is 8. The van der Waals surface area contributed by atoms with E-state index in [-0.39, 0.29) is 12.3 Å². The maximum Gasteiger partial charge on any atom is 0.378 e. The van der Waals surface area contributed by atoms with Gasteiger partial charge in [-0.15, -0.1) is 0 Å². The summed E-state index contributed by atoms with van der Waals surface area (Å²) in [6, 6.07) is 0. The molecule has 1 aliphatic rings. The van der Waals surface area contributed by atoms with Crippen LogP contribution >= 0.6 is 0 Å². The molecule has 2 atom stereocenters. The van der Waals surface area contributed by atoms with Gasteiger partial charge in [0.2, 0.25) is 11.9 Å². The molecule has 0 bridgehead atoms. The lowest BCUT2D eigenvalue weighted by Crippen LogP contribution is -2.51. The number of carbonyl (C=O) groups is 2. The minimum absolute atomic E-state index is 0.0422. The van der Waals surface area contributed by atoms with Crippen molar-refractivity contribution in [3.63, 3.8) is 0 Å². The number of hydrogen-bond donors (Lipinski definition) is 4. The predicted molar refractivity (Wildman–Crippen MR) is 59.7 cm³/mol. The van der Waals surface area contributed by atoms with Crippen molar-refractivity contribution in [2.45, 2.75) is 32.2 Å². The molecule has 0 saturated heterocycles. The van der Waals surface area contributed by atoms with E-state index in [1.54, 1.807) is 13.8 Å². The molecule has 8 heteroatoms. The number of aliphatic hydroxyl groups is 4. The van der Waals surface area contributed by atoms with Gasteiger partial charge >= 0.3 is 11.9 Å². The van der Waals surface area contributed by atoms with E-state index in [0.717, 1.165) is 0 Å². The van der Waals surface area contributed by atoms with E-state index < -0.39 is 42.0 Å². The van der Waals surface area contributed by atoms with E-state index in [9.17, 15) is 19.8 Å². The Morgan fingerprint density at radius 1 is 1.47 bits per heavy atom. The maximum absolute atomic E-state index is 11.5. The molecule has 4 N–H and O–H groups in total. The highest BCUT2D eigenvalue weighted by Crippen LogP contribution is 2.29. The Hall–Kier alpha value is -1.80. The SMILES string of the molecule is CC(C)CC(=O)O[C@](O)(CO)[C@H]1OC(=O)C(O)=C1O. The molecule has 0 aromatic rings. The third-order valence-electron chi connectivity index (χ3n) is 2.41. The maximum atomic E-state index is 11.5. The van der Waals surface area contributed by atoms with Crippen molar-refractivity contribution in [1.82, 2.24) is 0 Å². The van der Waals surface area contributed by atoms with Crippen molar-refractivity contribution in [1.29, 1.82) is 0 Å². The van der Waals surface area contributed by atoms with Crippen LogP contribution in [0.15, 0.2) is 11.5 Å². The van der Waals surface area contributed by atoms with Gasteiger partial charge in [0.15, 0.2) is 5.76 Å². The molecule has 0 spiro atoms. The van der Waals surface area contributed by atoms with Gasteiger partial charge in [0.25, 0.3) is 5.79 Å². The van der Waals surface area contributed by atoms with Gasteiger partial charge in [0.05, 0.1) is 0 Å². The Morgan fingerprint density at radius 2 is 2.05 bits per heavy atom. The molecule has 0 aromatic carbocycles. The second-order valence-corrected chi connectivity index (χ2v) is 4.59. The monoisotopic (exact) mass is 276 g/mol. The van der Waals surface area contributed by atoms with E-state index >= 15 is 0 Å². The second-order valence-electron chi connectivity index (χ2n) is 4.59. The number of rotatable bonds is 5. The summed E-state index contributed by atoms with van der Waals surface area (Å²) in [5, 5.41) is 37.5. The summed E-state index contributed by atoms with van der Waals surface area (Å²) in [6.45, 7) is 2.35. The summed E-state index contributed by atoms with van der Waals surface area (Å²) >= 11 is 0. The van der Waals surface area contributed by atoms with E-state index in [1.165, 1.54) is 0 Å². The number of ether oxygens (including phenoxy) is 2. The van der Waals surface area contributed by atoms with Gasteiger partial charge in [0.1, 0.15) is 6.61 Å². The second kappa shape index (κ2) is 5.45. The van der Waals surface area contributed by atoms with Crippen LogP contribution in [0.25, 0.3) is 0 Å². The molecule has 1 rings (SSSR count). The van der Waals surface area contributed by atoms with Gasteiger partial charge in [-0.2, -0.15) is 0 Å². The standard InChI is InChI=1S/C11H16O8/c1-5(2)3-6(13)19-11(17,4-12)9-7(14)8(15)10(16)18-9/h5,9,12,14-15,17H,3-4H2,1-2H3/t9-,11+/m0/s1. The Morgan fingerprint density at radius 3 is 2.42 bits per heavy atom. The Balaban J connectivity index is 2.87. The minimum atomic E-state index is -2.64. The summed E-state index contributed by atoms with van der Waals surface area (Å²) in [4.78, 5) is 22.5. The third-order valence-corrected chi connectivity index (χ3v) is 2.41. The fraction of sp³-hybridized carbons (Fsp3) is 0.636. The van der Waals surface area contributed by atoms with E-state index in [0.29, 0.717) is 0 Å². The molecule has 0 unspecified atom stereocenters. The van der Waals surface area contributed by atoms with Gasteiger partial charge < -0.3 is 29.9 Å². The first-order chi connectivity index (χ1) is 8.71. The molecule has 0 radical (unpaired) electrons. The van der Waals surface area contributed by atoms with E-state index in [2.05, 4.69) is 9.47 Å². The number of aliphatic hydroxyl groups excluding tert-OH is 3. The Bertz CT molecular complexity index is 413. The molecule has 19 heavy (non-hydrogen) atoms. The van der Waals surface area contributed by atoms with Crippen LogP contribution in [0.3, 0.4) is 0 Å². The zero-order valence-electron chi connectivity index (χ0n) is 10.5. The highest BCUT2D eigenvalue weighted by Gasteiger charge is 2.51. The lowest BCUT2D eigenvalue weighted by molar-refractivity contribution is -0.260. The molecule has 0 fully saturated rings. The average molecular weight is 276 g/mol. The number of esters is 2. The smallest absolute Gasteiger partial charge is 0.378 e. The fourth-order valence-electron chi connectivity index (χ4n) is 1.49. The number of cyclic esters (lactones) is 1. The van der Waals surface area contributed by atoms with Crippen LogP contribution in [-0.4, -0.2) is 50.9 Å². The number of carbonyl (C=O) groups excluding carboxylic acids is 2. The molecule has 1 aliphatic heterocycles.